The second-order valence-electron chi connectivity index (χ2n) is 7.45. The Morgan fingerprint density at radius 1 is 1.36 bits per heavy atom. The van der Waals surface area contributed by atoms with E-state index < -0.39 is 24.2 Å². The number of anilines is 1. The van der Waals surface area contributed by atoms with Gasteiger partial charge in [0.05, 0.1) is 5.57 Å². The molecule has 7 heteroatoms. The van der Waals surface area contributed by atoms with Crippen LogP contribution in [0.4, 0.5) is 18.9 Å². The zero-order valence-electron chi connectivity index (χ0n) is 14.9. The molecule has 1 aliphatic rings. The van der Waals surface area contributed by atoms with Gasteiger partial charge in [0, 0.05) is 18.9 Å². The molecule has 0 aliphatic carbocycles. The molecule has 138 valence electrons. The highest BCUT2D eigenvalue weighted by Gasteiger charge is 2.34. The van der Waals surface area contributed by atoms with E-state index in [0.717, 1.165) is 6.42 Å². The molecule has 25 heavy (non-hydrogen) atoms. The molecule has 1 heterocycles. The van der Waals surface area contributed by atoms with E-state index in [4.69, 9.17) is 0 Å². The van der Waals surface area contributed by atoms with E-state index in [1.54, 1.807) is 7.05 Å². The molecule has 1 aromatic carbocycles. The minimum absolute atomic E-state index is 0.0506. The third kappa shape index (κ3) is 5.22. The van der Waals surface area contributed by atoms with Crippen molar-refractivity contribution in [1.82, 2.24) is 10.4 Å². The van der Waals surface area contributed by atoms with Gasteiger partial charge in [-0.05, 0) is 42.0 Å². The summed E-state index contributed by atoms with van der Waals surface area (Å²) in [6.07, 6.45) is -0.00133. The van der Waals surface area contributed by atoms with Crippen molar-refractivity contribution in [3.05, 3.63) is 41.4 Å². The van der Waals surface area contributed by atoms with E-state index in [0.29, 0.717) is 17.7 Å². The van der Waals surface area contributed by atoms with Crippen molar-refractivity contribution >= 4 is 11.6 Å². The Hall–Kier alpha value is -2.02. The van der Waals surface area contributed by atoms with Gasteiger partial charge in [0.2, 0.25) is 0 Å². The number of hydrogen-bond donors (Lipinski definition) is 2. The van der Waals surface area contributed by atoms with Gasteiger partial charge >= 0.3 is 0 Å². The quantitative estimate of drug-likeness (QED) is 0.846. The number of amides is 1. The summed E-state index contributed by atoms with van der Waals surface area (Å²) in [5, 5.41) is 3.98. The number of carbonyl (C=O) groups excluding carboxylic acids is 1. The maximum Gasteiger partial charge on any atom is 0.259 e. The smallest absolute Gasteiger partial charge is 0.259 e. The number of rotatable bonds is 5. The molecule has 0 saturated carbocycles. The van der Waals surface area contributed by atoms with Crippen LogP contribution in [-0.4, -0.2) is 30.4 Å². The zero-order valence-corrected chi connectivity index (χ0v) is 14.9. The third-order valence-electron chi connectivity index (χ3n) is 3.98. The summed E-state index contributed by atoms with van der Waals surface area (Å²) in [6.45, 7) is 6.22. The van der Waals surface area contributed by atoms with Crippen LogP contribution in [0.15, 0.2) is 30.0 Å². The normalized spacial score (nSPS) is 17.8. The molecule has 4 nitrogen and oxygen atoms in total. The topological polar surface area (TPSA) is 44.4 Å². The number of nitrogens with zero attached hydrogens (tertiary/aromatic N) is 1. The Morgan fingerprint density at radius 2 is 2.04 bits per heavy atom. The summed E-state index contributed by atoms with van der Waals surface area (Å²) < 4.78 is 39.8. The molecule has 1 aliphatic heterocycles. The van der Waals surface area contributed by atoms with Gasteiger partial charge in [-0.25, -0.2) is 18.6 Å². The first-order valence-corrected chi connectivity index (χ1v) is 8.15. The third-order valence-corrected chi connectivity index (χ3v) is 3.98. The number of alkyl halides is 2. The molecule has 0 spiro atoms. The molecule has 0 saturated heterocycles. The largest absolute Gasteiger partial charge is 0.322 e. The molecular weight excluding hydrogens is 331 g/mol. The lowest BCUT2D eigenvalue weighted by Gasteiger charge is -2.20. The summed E-state index contributed by atoms with van der Waals surface area (Å²) in [5.74, 6) is -1.01. The Morgan fingerprint density at radius 3 is 2.64 bits per heavy atom. The van der Waals surface area contributed by atoms with E-state index in [-0.39, 0.29) is 11.0 Å². The van der Waals surface area contributed by atoms with Crippen LogP contribution in [0.25, 0.3) is 0 Å². The molecule has 0 aromatic heterocycles. The predicted molar refractivity (Wildman–Crippen MR) is 91.6 cm³/mol. The van der Waals surface area contributed by atoms with E-state index in [1.807, 2.05) is 0 Å². The number of nitrogens with one attached hydrogen (secondary N) is 2. The lowest BCUT2D eigenvalue weighted by Crippen LogP contribution is -2.40. The Balaban J connectivity index is 2.19. The van der Waals surface area contributed by atoms with Gasteiger partial charge in [0.1, 0.15) is 11.9 Å². The molecule has 0 fully saturated rings. The summed E-state index contributed by atoms with van der Waals surface area (Å²) in [5.41, 5.74) is 3.60. The average molecular weight is 355 g/mol. The summed E-state index contributed by atoms with van der Waals surface area (Å²) in [4.78, 5) is 12.4. The fourth-order valence-corrected chi connectivity index (χ4v) is 2.60. The predicted octanol–water partition coefficient (Wildman–Crippen LogP) is 3.71. The number of hydrazine groups is 1. The van der Waals surface area contributed by atoms with Gasteiger partial charge in [-0.2, -0.15) is 0 Å². The van der Waals surface area contributed by atoms with E-state index in [9.17, 15) is 18.0 Å². The Labute approximate surface area is 146 Å². The van der Waals surface area contributed by atoms with Gasteiger partial charge in [-0.15, -0.1) is 0 Å². The molecule has 1 atom stereocenters. The van der Waals surface area contributed by atoms with Crippen LogP contribution in [-0.2, 0) is 11.2 Å². The maximum atomic E-state index is 13.6. The van der Waals surface area contributed by atoms with Crippen molar-refractivity contribution < 1.29 is 18.0 Å². The van der Waals surface area contributed by atoms with Crippen molar-refractivity contribution in [3.63, 3.8) is 0 Å². The average Bonchev–Trinajstić information content (AvgIpc) is 2.89. The SMILES string of the molecule is CN1C=C(C(=O)Nc2ccc(F)cc2CCC(C)(C)C)C(C(F)F)N1. The van der Waals surface area contributed by atoms with Gasteiger partial charge < -0.3 is 10.3 Å². The van der Waals surface area contributed by atoms with Crippen molar-refractivity contribution in [2.45, 2.75) is 46.1 Å². The second-order valence-corrected chi connectivity index (χ2v) is 7.45. The number of aryl methyl sites for hydroxylation is 1. The minimum atomic E-state index is -2.71. The van der Waals surface area contributed by atoms with Crippen LogP contribution in [0.2, 0.25) is 0 Å². The minimum Gasteiger partial charge on any atom is -0.322 e. The van der Waals surface area contributed by atoms with Crippen LogP contribution in [0.3, 0.4) is 0 Å². The van der Waals surface area contributed by atoms with Crippen molar-refractivity contribution in [3.8, 4) is 0 Å². The highest BCUT2D eigenvalue weighted by atomic mass is 19.3. The monoisotopic (exact) mass is 355 g/mol. The second kappa shape index (κ2) is 7.47. The van der Waals surface area contributed by atoms with Gasteiger partial charge in [0.15, 0.2) is 0 Å². The molecule has 1 unspecified atom stereocenters. The fourth-order valence-electron chi connectivity index (χ4n) is 2.60. The summed E-state index contributed by atoms with van der Waals surface area (Å²) >= 11 is 0. The van der Waals surface area contributed by atoms with Crippen LogP contribution < -0.4 is 10.7 Å². The number of benzene rings is 1. The molecule has 1 aromatic rings. The number of halogens is 3. The molecule has 0 bridgehead atoms. The maximum absolute atomic E-state index is 13.6. The summed E-state index contributed by atoms with van der Waals surface area (Å²) in [7, 11) is 1.54. The fraction of sp³-hybridized carbons (Fsp3) is 0.500. The summed E-state index contributed by atoms with van der Waals surface area (Å²) in [6, 6.07) is 2.73. The standard InChI is InChI=1S/C18H24F3N3O/c1-18(2,3)8-7-11-9-12(19)5-6-14(11)22-17(25)13-10-24(4)23-15(13)16(20)21/h5-6,9-10,15-16,23H,7-8H2,1-4H3,(H,22,25). The highest BCUT2D eigenvalue weighted by molar-refractivity contribution is 6.05. The van der Waals surface area contributed by atoms with Crippen molar-refractivity contribution in [1.29, 1.82) is 0 Å². The van der Waals surface area contributed by atoms with E-state index >= 15 is 0 Å². The zero-order chi connectivity index (χ0) is 18.8. The molecule has 0 radical (unpaired) electrons. The van der Waals surface area contributed by atoms with Gasteiger partial charge in [0.25, 0.3) is 12.3 Å². The lowest BCUT2D eigenvalue weighted by atomic mass is 9.88. The van der Waals surface area contributed by atoms with E-state index in [2.05, 4.69) is 31.5 Å². The van der Waals surface area contributed by atoms with Gasteiger partial charge in [-0.1, -0.05) is 20.8 Å². The van der Waals surface area contributed by atoms with Crippen LogP contribution in [0, 0.1) is 11.2 Å². The molecule has 2 N–H and O–H groups in total. The highest BCUT2D eigenvalue weighted by Crippen LogP contribution is 2.27. The van der Waals surface area contributed by atoms with Crippen LogP contribution >= 0.6 is 0 Å². The number of carbonyl (C=O) groups is 1. The van der Waals surface area contributed by atoms with Gasteiger partial charge in [-0.3, -0.25) is 4.79 Å². The van der Waals surface area contributed by atoms with Crippen LogP contribution in [0.1, 0.15) is 32.8 Å². The lowest BCUT2D eigenvalue weighted by molar-refractivity contribution is -0.113. The molecular formula is C18H24F3N3O. The first kappa shape index (κ1) is 19.3. The number of hydrogen-bond acceptors (Lipinski definition) is 3. The van der Waals surface area contributed by atoms with E-state index in [1.165, 1.54) is 29.4 Å². The van der Waals surface area contributed by atoms with Crippen molar-refractivity contribution in [2.24, 2.45) is 5.41 Å². The molecule has 2 rings (SSSR count). The first-order chi connectivity index (χ1) is 11.6. The van der Waals surface area contributed by atoms with Crippen molar-refractivity contribution in [2.75, 3.05) is 12.4 Å². The first-order valence-electron chi connectivity index (χ1n) is 8.15. The molecule has 1 amide bonds. The van der Waals surface area contributed by atoms with Crippen LogP contribution in [0.5, 0.6) is 0 Å². The Kier molecular flexibility index (Phi) is 5.77. The Bertz CT molecular complexity index is 668.